The summed E-state index contributed by atoms with van der Waals surface area (Å²) in [6.45, 7) is 2.07. The van der Waals surface area contributed by atoms with Gasteiger partial charge in [-0.2, -0.15) is 5.10 Å². The SMILES string of the molecule is Cl.Cl.Cl.Nc1ncc(-c2cn[nH]c2C2CCNCC2)cc1-c1cc2ccccc2cn1. The van der Waals surface area contributed by atoms with Crippen LogP contribution in [0.25, 0.3) is 33.2 Å². The monoisotopic (exact) mass is 478 g/mol. The molecule has 4 N–H and O–H groups in total. The molecule has 1 aliphatic rings. The van der Waals surface area contributed by atoms with Crippen LogP contribution in [0.3, 0.4) is 0 Å². The molecule has 1 aliphatic heterocycles. The number of aromatic nitrogens is 4. The molecule has 31 heavy (non-hydrogen) atoms. The summed E-state index contributed by atoms with van der Waals surface area (Å²) >= 11 is 0. The quantitative estimate of drug-likeness (QED) is 0.384. The maximum absolute atomic E-state index is 6.22. The number of aromatic amines is 1. The number of halogens is 3. The lowest BCUT2D eigenvalue weighted by atomic mass is 9.90. The normalized spacial score (nSPS) is 13.7. The summed E-state index contributed by atoms with van der Waals surface area (Å²) in [6.07, 6.45) is 7.82. The molecule has 0 bridgehead atoms. The Balaban J connectivity index is 0.00000114. The van der Waals surface area contributed by atoms with Crippen molar-refractivity contribution in [3.05, 3.63) is 60.7 Å². The Bertz CT molecular complexity index is 1140. The van der Waals surface area contributed by atoms with Crippen LogP contribution in [0, 0.1) is 0 Å². The van der Waals surface area contributed by atoms with E-state index in [9.17, 15) is 0 Å². The second kappa shape index (κ2) is 10.8. The van der Waals surface area contributed by atoms with Gasteiger partial charge < -0.3 is 11.1 Å². The van der Waals surface area contributed by atoms with E-state index in [2.05, 4.69) is 49.7 Å². The molecule has 0 amide bonds. The van der Waals surface area contributed by atoms with Crippen LogP contribution in [-0.2, 0) is 0 Å². The third kappa shape index (κ3) is 4.93. The van der Waals surface area contributed by atoms with Gasteiger partial charge in [0.1, 0.15) is 5.82 Å². The number of fused-ring (bicyclic) bond motifs is 1. The highest BCUT2D eigenvalue weighted by Crippen LogP contribution is 2.35. The van der Waals surface area contributed by atoms with Crippen molar-refractivity contribution in [3.63, 3.8) is 0 Å². The van der Waals surface area contributed by atoms with E-state index in [0.29, 0.717) is 11.7 Å². The number of hydrogen-bond acceptors (Lipinski definition) is 5. The number of anilines is 1. The van der Waals surface area contributed by atoms with Crippen LogP contribution in [0.1, 0.15) is 24.5 Å². The third-order valence-corrected chi connectivity index (χ3v) is 5.55. The van der Waals surface area contributed by atoms with Gasteiger partial charge in [-0.3, -0.25) is 10.1 Å². The zero-order chi connectivity index (χ0) is 18.9. The molecule has 0 radical (unpaired) electrons. The van der Waals surface area contributed by atoms with Crippen LogP contribution >= 0.6 is 37.2 Å². The molecule has 164 valence electrons. The number of hydrogen-bond donors (Lipinski definition) is 3. The number of nitrogens with two attached hydrogens (primary N) is 1. The molecule has 5 rings (SSSR count). The summed E-state index contributed by atoms with van der Waals surface area (Å²) in [7, 11) is 0. The number of nitrogen functional groups attached to an aromatic ring is 1. The Hall–Kier alpha value is -2.38. The lowest BCUT2D eigenvalue weighted by Crippen LogP contribution is -2.27. The Kier molecular flexibility index (Phi) is 8.65. The van der Waals surface area contributed by atoms with Crippen molar-refractivity contribution in [2.24, 2.45) is 0 Å². The van der Waals surface area contributed by atoms with E-state index in [0.717, 1.165) is 59.1 Å². The van der Waals surface area contributed by atoms with E-state index in [4.69, 9.17) is 5.73 Å². The van der Waals surface area contributed by atoms with Gasteiger partial charge in [0.15, 0.2) is 0 Å². The summed E-state index contributed by atoms with van der Waals surface area (Å²) in [6, 6.07) is 12.3. The van der Waals surface area contributed by atoms with Crippen molar-refractivity contribution in [3.8, 4) is 22.4 Å². The number of pyridine rings is 2. The summed E-state index contributed by atoms with van der Waals surface area (Å²) < 4.78 is 0. The molecule has 3 aromatic heterocycles. The number of benzene rings is 1. The molecule has 0 spiro atoms. The van der Waals surface area contributed by atoms with Crippen molar-refractivity contribution in [2.45, 2.75) is 18.8 Å². The van der Waals surface area contributed by atoms with Gasteiger partial charge in [0, 0.05) is 46.1 Å². The summed E-state index contributed by atoms with van der Waals surface area (Å²) in [5, 5.41) is 13.2. The summed E-state index contributed by atoms with van der Waals surface area (Å²) in [4.78, 5) is 9.08. The average Bonchev–Trinajstić information content (AvgIpc) is 3.24. The second-order valence-corrected chi connectivity index (χ2v) is 7.30. The molecule has 4 aromatic rings. The van der Waals surface area contributed by atoms with Crippen molar-refractivity contribution in [1.29, 1.82) is 0 Å². The summed E-state index contributed by atoms with van der Waals surface area (Å²) in [5.74, 6) is 0.969. The molecule has 1 fully saturated rings. The van der Waals surface area contributed by atoms with E-state index in [1.165, 1.54) is 5.69 Å². The van der Waals surface area contributed by atoms with Gasteiger partial charge >= 0.3 is 0 Å². The molecular formula is C22H25Cl3N6. The molecule has 0 aliphatic carbocycles. The Morgan fingerprint density at radius 2 is 1.58 bits per heavy atom. The van der Waals surface area contributed by atoms with Crippen LogP contribution in [0.5, 0.6) is 0 Å². The van der Waals surface area contributed by atoms with Crippen molar-refractivity contribution in [1.82, 2.24) is 25.5 Å². The topological polar surface area (TPSA) is 92.5 Å². The lowest BCUT2D eigenvalue weighted by molar-refractivity contribution is 0.453. The largest absolute Gasteiger partial charge is 0.383 e. The lowest BCUT2D eigenvalue weighted by Gasteiger charge is -2.22. The Labute approximate surface area is 199 Å². The first-order valence-electron chi connectivity index (χ1n) is 9.64. The van der Waals surface area contributed by atoms with E-state index in [-0.39, 0.29) is 37.2 Å². The van der Waals surface area contributed by atoms with Crippen LogP contribution in [-0.4, -0.2) is 33.3 Å². The minimum absolute atomic E-state index is 0. The zero-order valence-electron chi connectivity index (χ0n) is 16.7. The highest BCUT2D eigenvalue weighted by atomic mass is 35.5. The fourth-order valence-corrected chi connectivity index (χ4v) is 4.01. The minimum atomic E-state index is 0. The molecule has 1 aromatic carbocycles. The number of nitrogens with one attached hydrogen (secondary N) is 2. The predicted molar refractivity (Wildman–Crippen MR) is 134 cm³/mol. The summed E-state index contributed by atoms with van der Waals surface area (Å²) in [5.41, 5.74) is 11.2. The van der Waals surface area contributed by atoms with Crippen molar-refractivity contribution >= 4 is 53.8 Å². The molecule has 9 heteroatoms. The highest BCUT2D eigenvalue weighted by molar-refractivity contribution is 5.87. The van der Waals surface area contributed by atoms with Gasteiger partial charge in [-0.1, -0.05) is 24.3 Å². The second-order valence-electron chi connectivity index (χ2n) is 7.30. The highest BCUT2D eigenvalue weighted by Gasteiger charge is 2.21. The first-order chi connectivity index (χ1) is 13.8. The Morgan fingerprint density at radius 3 is 2.35 bits per heavy atom. The van der Waals surface area contributed by atoms with Crippen LogP contribution in [0.2, 0.25) is 0 Å². The zero-order valence-corrected chi connectivity index (χ0v) is 19.2. The molecule has 0 saturated carbocycles. The van der Waals surface area contributed by atoms with Crippen LogP contribution < -0.4 is 11.1 Å². The maximum Gasteiger partial charge on any atom is 0.132 e. The van der Waals surface area contributed by atoms with E-state index in [1.54, 1.807) is 0 Å². The van der Waals surface area contributed by atoms with Crippen molar-refractivity contribution in [2.75, 3.05) is 18.8 Å². The first-order valence-corrected chi connectivity index (χ1v) is 9.64. The standard InChI is InChI=1S/C22H22N6.3ClH/c23-22-18(20-10-15-3-1-2-4-16(15)11-25-20)9-17(12-26-22)19-13-27-28-21(19)14-5-7-24-8-6-14;;;/h1-4,9-14,24H,5-8H2,(H2,23,26)(H,27,28);3*1H. The van der Waals surface area contributed by atoms with Gasteiger partial charge in [0.2, 0.25) is 0 Å². The van der Waals surface area contributed by atoms with Gasteiger partial charge in [0.25, 0.3) is 0 Å². The number of H-pyrrole nitrogens is 1. The minimum Gasteiger partial charge on any atom is -0.383 e. The molecular weight excluding hydrogens is 455 g/mol. The van der Waals surface area contributed by atoms with Gasteiger partial charge in [0.05, 0.1) is 11.9 Å². The fourth-order valence-electron chi connectivity index (χ4n) is 4.01. The molecule has 0 atom stereocenters. The third-order valence-electron chi connectivity index (χ3n) is 5.55. The molecule has 0 unspecified atom stereocenters. The maximum atomic E-state index is 6.22. The van der Waals surface area contributed by atoms with E-state index in [1.807, 2.05) is 30.7 Å². The van der Waals surface area contributed by atoms with E-state index < -0.39 is 0 Å². The van der Waals surface area contributed by atoms with Crippen molar-refractivity contribution < 1.29 is 0 Å². The molecule has 6 nitrogen and oxygen atoms in total. The number of rotatable bonds is 3. The predicted octanol–water partition coefficient (Wildman–Crippen LogP) is 5.00. The smallest absolute Gasteiger partial charge is 0.132 e. The first kappa shape index (κ1) is 24.9. The van der Waals surface area contributed by atoms with Crippen LogP contribution in [0.15, 0.2) is 55.0 Å². The fraction of sp³-hybridized carbons (Fsp3) is 0.227. The number of piperidine rings is 1. The van der Waals surface area contributed by atoms with Gasteiger partial charge in [-0.15, -0.1) is 37.2 Å². The molecule has 4 heterocycles. The molecule has 1 saturated heterocycles. The van der Waals surface area contributed by atoms with Crippen LogP contribution in [0.4, 0.5) is 5.82 Å². The van der Waals surface area contributed by atoms with E-state index >= 15 is 0 Å². The van der Waals surface area contributed by atoms with Gasteiger partial charge in [-0.25, -0.2) is 4.98 Å². The van der Waals surface area contributed by atoms with Gasteiger partial charge in [-0.05, 0) is 43.5 Å². The average molecular weight is 480 g/mol. The Morgan fingerprint density at radius 1 is 0.839 bits per heavy atom. The number of nitrogens with zero attached hydrogens (tertiary/aromatic N) is 3.